The molecule has 0 saturated heterocycles. The van der Waals surface area contributed by atoms with Gasteiger partial charge in [0.05, 0.1) is 0 Å². The van der Waals surface area contributed by atoms with E-state index < -0.39 is 5.95 Å². The van der Waals surface area contributed by atoms with Crippen molar-refractivity contribution in [2.24, 2.45) is 11.8 Å². The number of aromatic nitrogens is 1. The van der Waals surface area contributed by atoms with Crippen molar-refractivity contribution in [2.45, 2.75) is 39.2 Å². The van der Waals surface area contributed by atoms with Gasteiger partial charge < -0.3 is 5.32 Å². The van der Waals surface area contributed by atoms with Crippen molar-refractivity contribution in [3.63, 3.8) is 0 Å². The van der Waals surface area contributed by atoms with Crippen LogP contribution in [0.3, 0.4) is 0 Å². The summed E-state index contributed by atoms with van der Waals surface area (Å²) in [7, 11) is 0. The summed E-state index contributed by atoms with van der Waals surface area (Å²) in [6.07, 6.45) is 4.68. The van der Waals surface area contributed by atoms with Gasteiger partial charge in [0.25, 0.3) is 5.91 Å². The molecule has 18 heavy (non-hydrogen) atoms. The summed E-state index contributed by atoms with van der Waals surface area (Å²) >= 11 is 0. The van der Waals surface area contributed by atoms with Crippen LogP contribution in [0.5, 0.6) is 0 Å². The number of carbonyl (C=O) groups excluding carboxylic acids is 1. The highest BCUT2D eigenvalue weighted by molar-refractivity contribution is 5.94. The van der Waals surface area contributed by atoms with Gasteiger partial charge in [-0.2, -0.15) is 4.39 Å². The molecule has 1 fully saturated rings. The zero-order chi connectivity index (χ0) is 13.1. The normalized spacial score (nSPS) is 27.8. The smallest absolute Gasteiger partial charge is 0.251 e. The molecule has 1 aliphatic rings. The summed E-state index contributed by atoms with van der Waals surface area (Å²) in [5.41, 5.74) is 0.341. The van der Waals surface area contributed by atoms with E-state index in [1.165, 1.54) is 24.8 Å². The number of pyridine rings is 1. The Bertz CT molecular complexity index is 436. The third-order valence-electron chi connectivity index (χ3n) is 4.01. The van der Waals surface area contributed by atoms with Gasteiger partial charge in [0.2, 0.25) is 5.95 Å². The first kappa shape index (κ1) is 13.0. The molecule has 0 radical (unpaired) electrons. The van der Waals surface area contributed by atoms with E-state index in [1.54, 1.807) is 0 Å². The summed E-state index contributed by atoms with van der Waals surface area (Å²) in [6, 6.07) is 2.90. The van der Waals surface area contributed by atoms with Crippen LogP contribution < -0.4 is 5.32 Å². The Morgan fingerprint density at radius 2 is 2.22 bits per heavy atom. The molecule has 0 bridgehead atoms. The number of nitrogens with zero attached hydrogens (tertiary/aromatic N) is 1. The van der Waals surface area contributed by atoms with Gasteiger partial charge in [-0.1, -0.05) is 26.7 Å². The molecule has 0 unspecified atom stereocenters. The predicted octanol–water partition coefficient (Wildman–Crippen LogP) is 2.78. The van der Waals surface area contributed by atoms with Crippen LogP contribution in [0.15, 0.2) is 18.3 Å². The van der Waals surface area contributed by atoms with Gasteiger partial charge in [0.15, 0.2) is 0 Å². The largest absolute Gasteiger partial charge is 0.349 e. The Labute approximate surface area is 107 Å². The highest BCUT2D eigenvalue weighted by Crippen LogP contribution is 2.29. The van der Waals surface area contributed by atoms with E-state index in [0.29, 0.717) is 17.4 Å². The molecule has 1 aliphatic carbocycles. The molecule has 1 aromatic rings. The van der Waals surface area contributed by atoms with E-state index in [4.69, 9.17) is 0 Å². The second-order valence-corrected chi connectivity index (χ2v) is 5.21. The first-order chi connectivity index (χ1) is 8.58. The molecular weight excluding hydrogens is 231 g/mol. The molecule has 0 aromatic carbocycles. The van der Waals surface area contributed by atoms with E-state index in [-0.39, 0.29) is 11.9 Å². The van der Waals surface area contributed by atoms with Crippen molar-refractivity contribution in [2.75, 3.05) is 0 Å². The minimum absolute atomic E-state index is 0.192. The van der Waals surface area contributed by atoms with Crippen molar-refractivity contribution in [1.82, 2.24) is 10.3 Å². The number of halogens is 1. The van der Waals surface area contributed by atoms with Gasteiger partial charge in [-0.25, -0.2) is 4.98 Å². The molecule has 2 rings (SSSR count). The first-order valence-corrected chi connectivity index (χ1v) is 6.50. The van der Waals surface area contributed by atoms with Crippen LogP contribution in [0.4, 0.5) is 4.39 Å². The number of rotatable bonds is 2. The van der Waals surface area contributed by atoms with Gasteiger partial charge in [-0.15, -0.1) is 0 Å². The number of amides is 1. The standard InChI is InChI=1S/C14H19FN2O/c1-9-4-3-5-12(10(9)2)17-14(18)11-6-7-16-13(15)8-11/h6-10,12H,3-5H2,1-2H3,(H,17,18)/t9-,10+,12+/m1/s1. The molecule has 0 aliphatic heterocycles. The SMILES string of the molecule is C[C@H]1[C@H](C)CCC[C@@H]1NC(=O)c1ccnc(F)c1. The van der Waals surface area contributed by atoms with E-state index in [0.717, 1.165) is 12.8 Å². The fourth-order valence-electron chi connectivity index (χ4n) is 2.58. The van der Waals surface area contributed by atoms with Crippen LogP contribution in [0.25, 0.3) is 0 Å². The molecule has 1 aromatic heterocycles. The third kappa shape index (κ3) is 2.86. The van der Waals surface area contributed by atoms with Crippen molar-refractivity contribution in [1.29, 1.82) is 0 Å². The zero-order valence-electron chi connectivity index (χ0n) is 10.8. The van der Waals surface area contributed by atoms with Gasteiger partial charge in [0, 0.05) is 23.9 Å². The summed E-state index contributed by atoms with van der Waals surface area (Å²) in [4.78, 5) is 15.5. The second kappa shape index (κ2) is 5.46. The minimum Gasteiger partial charge on any atom is -0.349 e. The Hall–Kier alpha value is -1.45. The van der Waals surface area contributed by atoms with Crippen molar-refractivity contribution in [3.05, 3.63) is 29.8 Å². The van der Waals surface area contributed by atoms with Crippen LogP contribution in [-0.2, 0) is 0 Å². The Morgan fingerprint density at radius 3 is 2.94 bits per heavy atom. The van der Waals surface area contributed by atoms with Gasteiger partial charge in [-0.05, 0) is 24.3 Å². The predicted molar refractivity (Wildman–Crippen MR) is 67.6 cm³/mol. The zero-order valence-corrected chi connectivity index (χ0v) is 10.8. The molecule has 0 spiro atoms. The lowest BCUT2D eigenvalue weighted by Crippen LogP contribution is -2.43. The van der Waals surface area contributed by atoms with Crippen molar-refractivity contribution in [3.8, 4) is 0 Å². The first-order valence-electron chi connectivity index (χ1n) is 6.50. The van der Waals surface area contributed by atoms with Crippen molar-refractivity contribution < 1.29 is 9.18 Å². The third-order valence-corrected chi connectivity index (χ3v) is 4.01. The highest BCUT2D eigenvalue weighted by Gasteiger charge is 2.28. The van der Waals surface area contributed by atoms with Crippen LogP contribution in [0.1, 0.15) is 43.5 Å². The number of hydrogen-bond acceptors (Lipinski definition) is 2. The second-order valence-electron chi connectivity index (χ2n) is 5.21. The van der Waals surface area contributed by atoms with Crippen LogP contribution in [-0.4, -0.2) is 16.9 Å². The fraction of sp³-hybridized carbons (Fsp3) is 0.571. The van der Waals surface area contributed by atoms with E-state index in [1.807, 2.05) is 0 Å². The average molecular weight is 250 g/mol. The summed E-state index contributed by atoms with van der Waals surface area (Å²) in [5, 5.41) is 3.01. The molecular formula is C14H19FN2O. The minimum atomic E-state index is -0.618. The summed E-state index contributed by atoms with van der Waals surface area (Å²) in [6.45, 7) is 4.39. The van der Waals surface area contributed by atoms with Gasteiger partial charge in [-0.3, -0.25) is 4.79 Å². The quantitative estimate of drug-likeness (QED) is 0.820. The highest BCUT2D eigenvalue weighted by atomic mass is 19.1. The molecule has 3 nitrogen and oxygen atoms in total. The Balaban J connectivity index is 2.03. The number of carbonyl (C=O) groups is 1. The monoisotopic (exact) mass is 250 g/mol. The van der Waals surface area contributed by atoms with Crippen molar-refractivity contribution >= 4 is 5.91 Å². The maximum Gasteiger partial charge on any atom is 0.251 e. The Morgan fingerprint density at radius 1 is 1.44 bits per heavy atom. The molecule has 4 heteroatoms. The lowest BCUT2D eigenvalue weighted by molar-refractivity contribution is 0.0890. The van der Waals surface area contributed by atoms with E-state index in [9.17, 15) is 9.18 Å². The van der Waals surface area contributed by atoms with Crippen LogP contribution in [0, 0.1) is 17.8 Å². The lowest BCUT2D eigenvalue weighted by atomic mass is 9.78. The summed E-state index contributed by atoms with van der Waals surface area (Å²) < 4.78 is 13.0. The lowest BCUT2D eigenvalue weighted by Gasteiger charge is -2.34. The molecule has 1 saturated carbocycles. The van der Waals surface area contributed by atoms with Crippen LogP contribution in [0.2, 0.25) is 0 Å². The maximum atomic E-state index is 13.0. The van der Waals surface area contributed by atoms with E-state index in [2.05, 4.69) is 24.1 Å². The molecule has 3 atom stereocenters. The molecule has 1 heterocycles. The number of nitrogens with one attached hydrogen (secondary N) is 1. The topological polar surface area (TPSA) is 42.0 Å². The fourth-order valence-corrected chi connectivity index (χ4v) is 2.58. The van der Waals surface area contributed by atoms with Gasteiger partial charge >= 0.3 is 0 Å². The molecule has 98 valence electrons. The maximum absolute atomic E-state index is 13.0. The van der Waals surface area contributed by atoms with E-state index >= 15 is 0 Å². The van der Waals surface area contributed by atoms with Gasteiger partial charge in [0.1, 0.15) is 0 Å². The van der Waals surface area contributed by atoms with Crippen LogP contribution >= 0.6 is 0 Å². The molecule has 1 N–H and O–H groups in total. The molecule has 1 amide bonds. The average Bonchev–Trinajstić information content (AvgIpc) is 2.35. The number of hydrogen-bond donors (Lipinski definition) is 1. The summed E-state index contributed by atoms with van der Waals surface area (Å²) in [5.74, 6) is 0.266. The Kier molecular flexibility index (Phi) is 3.94.